The fraction of sp³-hybridized carbons (Fsp3) is 0.250. The van der Waals surface area contributed by atoms with Gasteiger partial charge >= 0.3 is 0 Å². The molecule has 1 aliphatic carbocycles. The number of hydrogen-bond donors (Lipinski definition) is 1. The van der Waals surface area contributed by atoms with E-state index in [1.807, 2.05) is 30.3 Å². The molecule has 0 saturated heterocycles. The fourth-order valence-electron chi connectivity index (χ4n) is 4.69. The summed E-state index contributed by atoms with van der Waals surface area (Å²) < 4.78 is 16.0. The minimum Gasteiger partial charge on any atom is -0.338 e. The number of benzene rings is 2. The number of fused-ring (bicyclic) bond motifs is 3. The number of rotatable bonds is 5. The molecule has 1 aromatic heterocycles. The summed E-state index contributed by atoms with van der Waals surface area (Å²) in [5.74, 6) is -2.68. The molecular weight excluding hydrogens is 442 g/mol. The molecule has 1 aliphatic heterocycles. The number of amides is 2. The highest BCUT2D eigenvalue weighted by atomic mass is 19.1. The Bertz CT molecular complexity index is 1370. The molecule has 3 atom stereocenters. The topological polar surface area (TPSA) is 91.0 Å². The van der Waals surface area contributed by atoms with Gasteiger partial charge in [-0.3, -0.25) is 14.3 Å². The van der Waals surface area contributed by atoms with Crippen LogP contribution in [0.2, 0.25) is 0 Å². The van der Waals surface area contributed by atoms with Crippen molar-refractivity contribution in [2.75, 3.05) is 4.90 Å². The van der Waals surface area contributed by atoms with E-state index in [-0.39, 0.29) is 18.4 Å². The molecule has 3 aromatic rings. The predicted molar refractivity (Wildman–Crippen MR) is 128 cm³/mol. The quantitative estimate of drug-likeness (QED) is 0.584. The zero-order valence-electron chi connectivity index (χ0n) is 18.6. The van der Waals surface area contributed by atoms with Crippen LogP contribution in [0.4, 0.5) is 10.1 Å². The van der Waals surface area contributed by atoms with Crippen LogP contribution in [0.5, 0.6) is 0 Å². The molecule has 6 radical (unpaired) electrons. The number of halogens is 1. The van der Waals surface area contributed by atoms with Crippen molar-refractivity contribution in [1.29, 1.82) is 5.26 Å². The highest BCUT2D eigenvalue weighted by Crippen LogP contribution is 2.55. The fourth-order valence-corrected chi connectivity index (χ4v) is 4.69. The molecule has 5 rings (SSSR count). The van der Waals surface area contributed by atoms with Crippen LogP contribution in [0, 0.1) is 23.1 Å². The Morgan fingerprint density at radius 2 is 1.97 bits per heavy atom. The summed E-state index contributed by atoms with van der Waals surface area (Å²) in [5, 5.41) is 13.9. The second kappa shape index (κ2) is 8.45. The molecule has 2 heterocycles. The number of carbonyl (C=O) groups is 2. The lowest BCUT2D eigenvalue weighted by atomic mass is 9.48. The zero-order valence-corrected chi connectivity index (χ0v) is 18.6. The van der Waals surface area contributed by atoms with Crippen molar-refractivity contribution in [2.45, 2.75) is 30.2 Å². The molecule has 0 unspecified atom stereocenters. The molecule has 7 nitrogen and oxygen atoms in total. The van der Waals surface area contributed by atoms with E-state index in [0.29, 0.717) is 23.2 Å². The molecule has 2 amide bonds. The molecule has 2 aromatic carbocycles. The van der Waals surface area contributed by atoms with Crippen molar-refractivity contribution in [3.8, 4) is 6.07 Å². The summed E-state index contributed by atoms with van der Waals surface area (Å²) in [5.41, 5.74) is 1.95. The third-order valence-electron chi connectivity index (χ3n) is 6.34. The van der Waals surface area contributed by atoms with Crippen LogP contribution in [-0.2, 0) is 11.3 Å². The van der Waals surface area contributed by atoms with Crippen LogP contribution in [-0.4, -0.2) is 56.4 Å². The lowest BCUT2D eigenvalue weighted by Gasteiger charge is -2.39. The Balaban J connectivity index is 1.43. The van der Waals surface area contributed by atoms with E-state index in [0.717, 1.165) is 16.7 Å². The van der Waals surface area contributed by atoms with E-state index < -0.39 is 34.6 Å². The Hall–Kier alpha value is -3.80. The smallest absolute Gasteiger partial charge is 0.275 e. The zero-order chi connectivity index (χ0) is 24.9. The van der Waals surface area contributed by atoms with E-state index in [1.54, 1.807) is 12.1 Å². The van der Waals surface area contributed by atoms with Crippen LogP contribution in [0.1, 0.15) is 39.5 Å². The Labute approximate surface area is 205 Å². The average molecular weight is 459 g/mol. The number of nitriles is 1. The van der Waals surface area contributed by atoms with E-state index in [2.05, 4.69) is 16.5 Å². The molecule has 1 fully saturated rings. The lowest BCUT2D eigenvalue weighted by molar-refractivity contribution is -0.120. The predicted octanol–water partition coefficient (Wildman–Crippen LogP) is 1.31. The summed E-state index contributed by atoms with van der Waals surface area (Å²) in [6, 6.07) is 15.1. The van der Waals surface area contributed by atoms with Gasteiger partial charge in [-0.25, -0.2) is 4.39 Å². The Kier molecular flexibility index (Phi) is 5.55. The first kappa shape index (κ1) is 23.0. The number of nitrogens with zero attached hydrogens (tertiary/aromatic N) is 4. The molecule has 0 bridgehead atoms. The van der Waals surface area contributed by atoms with Crippen molar-refractivity contribution in [3.05, 3.63) is 82.9 Å². The van der Waals surface area contributed by atoms with E-state index in [4.69, 9.17) is 23.5 Å². The van der Waals surface area contributed by atoms with Crippen molar-refractivity contribution in [3.63, 3.8) is 0 Å². The van der Waals surface area contributed by atoms with Gasteiger partial charge in [-0.05, 0) is 47.6 Å². The van der Waals surface area contributed by atoms with Gasteiger partial charge in [0.15, 0.2) is 11.5 Å². The molecule has 0 spiro atoms. The molecule has 11 heteroatoms. The van der Waals surface area contributed by atoms with Gasteiger partial charge < -0.3 is 10.2 Å². The third kappa shape index (κ3) is 4.25. The maximum Gasteiger partial charge on any atom is 0.275 e. The number of anilines is 1. The van der Waals surface area contributed by atoms with E-state index in [9.17, 15) is 19.2 Å². The summed E-state index contributed by atoms with van der Waals surface area (Å²) in [7, 11) is 17.8. The monoisotopic (exact) mass is 459 g/mol. The van der Waals surface area contributed by atoms with Crippen molar-refractivity contribution >= 4 is 41.0 Å². The molecular formula is C24H17B3FN5O2. The summed E-state index contributed by atoms with van der Waals surface area (Å²) in [4.78, 5) is 27.6. The Morgan fingerprint density at radius 1 is 1.23 bits per heavy atom. The van der Waals surface area contributed by atoms with E-state index in [1.165, 1.54) is 10.7 Å². The minimum atomic E-state index is -2.07. The molecule has 1 N–H and O–H groups in total. The second-order valence-electron chi connectivity index (χ2n) is 8.91. The highest BCUT2D eigenvalue weighted by Gasteiger charge is 2.53. The summed E-state index contributed by atoms with van der Waals surface area (Å²) >= 11 is 0. The van der Waals surface area contributed by atoms with Crippen LogP contribution in [0.25, 0.3) is 0 Å². The number of nitrogens with one attached hydrogen (secondary N) is 1. The van der Waals surface area contributed by atoms with Crippen LogP contribution >= 0.6 is 0 Å². The van der Waals surface area contributed by atoms with Gasteiger partial charge in [0, 0.05) is 5.69 Å². The maximum absolute atomic E-state index is 14.6. The standard InChI is InChI=1S/C24H17B3FN5O2/c25-24(26,27)33-19-7-6-14(10-29)8-16(19)15-9-17(15)20(23(33)35)30-22(34)21-18(28)12-32(31-21)11-13-4-2-1-3-5-13/h1-8,12,15,17,20H,9,11H2,(H,30,34)/t15-,17-,20-/m0/s1. The van der Waals surface area contributed by atoms with Crippen molar-refractivity contribution in [1.82, 2.24) is 15.1 Å². The Morgan fingerprint density at radius 3 is 2.66 bits per heavy atom. The van der Waals surface area contributed by atoms with Gasteiger partial charge in [0.25, 0.3) is 5.91 Å². The van der Waals surface area contributed by atoms with Gasteiger partial charge in [-0.15, -0.1) is 0 Å². The first-order valence-electron chi connectivity index (χ1n) is 11.0. The molecule has 166 valence electrons. The number of aromatic nitrogens is 2. The highest BCUT2D eigenvalue weighted by molar-refractivity contribution is 6.62. The first-order valence-corrected chi connectivity index (χ1v) is 11.0. The van der Waals surface area contributed by atoms with Gasteiger partial charge in [0.05, 0.1) is 47.9 Å². The molecule has 35 heavy (non-hydrogen) atoms. The van der Waals surface area contributed by atoms with Crippen LogP contribution in [0.15, 0.2) is 54.7 Å². The van der Waals surface area contributed by atoms with Gasteiger partial charge in [-0.2, -0.15) is 10.4 Å². The van der Waals surface area contributed by atoms with Crippen LogP contribution < -0.4 is 10.2 Å². The largest absolute Gasteiger partial charge is 0.338 e. The number of hydrogen-bond acceptors (Lipinski definition) is 4. The first-order chi connectivity index (χ1) is 16.7. The SMILES string of the molecule is [B]C([B])([B])N1C(=O)[C@@H](NC(=O)c2nn(Cc3ccccc3)cc2F)[C@H]2C[C@H]2c2cc(C#N)ccc21. The van der Waals surface area contributed by atoms with Gasteiger partial charge in [0.1, 0.15) is 6.04 Å². The summed E-state index contributed by atoms with van der Waals surface area (Å²) in [6.45, 7) is 0.276. The van der Waals surface area contributed by atoms with Crippen molar-refractivity contribution < 1.29 is 14.0 Å². The van der Waals surface area contributed by atoms with Crippen LogP contribution in [0.3, 0.4) is 0 Å². The maximum atomic E-state index is 14.6. The third-order valence-corrected chi connectivity index (χ3v) is 6.34. The van der Waals surface area contributed by atoms with E-state index >= 15 is 0 Å². The lowest BCUT2D eigenvalue weighted by Crippen LogP contribution is -2.60. The molecule has 1 saturated carbocycles. The average Bonchev–Trinajstić information content (AvgIpc) is 3.53. The minimum absolute atomic E-state index is 0.125. The number of carbonyl (C=O) groups excluding carboxylic acids is 2. The summed E-state index contributed by atoms with van der Waals surface area (Å²) in [6.07, 6.45) is 1.72. The molecule has 2 aliphatic rings. The second-order valence-corrected chi connectivity index (χ2v) is 8.91. The van der Waals surface area contributed by atoms with Gasteiger partial charge in [0.2, 0.25) is 5.91 Å². The van der Waals surface area contributed by atoms with Gasteiger partial charge in [-0.1, -0.05) is 35.6 Å². The normalized spacial score (nSPS) is 20.9. The van der Waals surface area contributed by atoms with Crippen molar-refractivity contribution in [2.24, 2.45) is 5.92 Å².